The zero-order chi connectivity index (χ0) is 11.7. The summed E-state index contributed by atoms with van der Waals surface area (Å²) in [6, 6.07) is 5.74. The average Bonchev–Trinajstić information content (AvgIpc) is 2.62. The highest BCUT2D eigenvalue weighted by molar-refractivity contribution is 5.86. The lowest BCUT2D eigenvalue weighted by Gasteiger charge is -2.00. The molecule has 0 unspecified atom stereocenters. The second-order valence-corrected chi connectivity index (χ2v) is 3.37. The van der Waals surface area contributed by atoms with Crippen LogP contribution in [0.3, 0.4) is 0 Å². The van der Waals surface area contributed by atoms with Crippen molar-refractivity contribution in [1.82, 2.24) is 9.55 Å². The maximum atomic E-state index is 12.7. The Hall–Kier alpha value is -2.17. The van der Waals surface area contributed by atoms with Gasteiger partial charge in [0.25, 0.3) is 0 Å². The van der Waals surface area contributed by atoms with Crippen LogP contribution in [-0.2, 0) is 7.05 Å². The molecule has 0 amide bonds. The molecule has 0 bridgehead atoms. The molecular weight excluding hydrogens is 211 g/mol. The first-order valence-electron chi connectivity index (χ1n) is 4.60. The Balaban J connectivity index is 2.47. The number of benzene rings is 1. The highest BCUT2D eigenvalue weighted by atomic mass is 19.1. The van der Waals surface area contributed by atoms with E-state index in [-0.39, 0.29) is 11.5 Å². The molecule has 2 rings (SSSR count). The number of imidazole rings is 1. The predicted octanol–water partition coefficient (Wildman–Crippen LogP) is 1.92. The van der Waals surface area contributed by atoms with Crippen LogP contribution < -0.4 is 0 Å². The fourth-order valence-electron chi connectivity index (χ4n) is 1.44. The van der Waals surface area contributed by atoms with Gasteiger partial charge in [0.1, 0.15) is 11.6 Å². The Bertz CT molecular complexity index is 531. The number of rotatable bonds is 2. The smallest absolute Gasteiger partial charge is 0.356 e. The number of halogens is 1. The van der Waals surface area contributed by atoms with Crippen LogP contribution in [0.1, 0.15) is 10.5 Å². The highest BCUT2D eigenvalue weighted by Gasteiger charge is 2.12. The maximum Gasteiger partial charge on any atom is 0.356 e. The molecule has 1 aromatic carbocycles. The number of nitrogens with zero attached hydrogens (tertiary/aromatic N) is 2. The van der Waals surface area contributed by atoms with Crippen molar-refractivity contribution in [2.75, 3.05) is 0 Å². The predicted molar refractivity (Wildman–Crippen MR) is 55.6 cm³/mol. The number of carboxylic acids is 1. The van der Waals surface area contributed by atoms with Crippen molar-refractivity contribution in [2.24, 2.45) is 7.05 Å². The molecule has 0 saturated carbocycles. The van der Waals surface area contributed by atoms with E-state index in [9.17, 15) is 9.18 Å². The van der Waals surface area contributed by atoms with Gasteiger partial charge in [-0.05, 0) is 24.3 Å². The molecule has 2 aromatic rings. The molecule has 1 aromatic heterocycles. The molecule has 0 atom stereocenters. The standard InChI is InChI=1S/C11H9FN2O2/c1-14-6-9(11(15)16)13-10(14)7-2-4-8(12)5-3-7/h2-6H,1H3,(H,15,16). The fourth-order valence-corrected chi connectivity index (χ4v) is 1.44. The largest absolute Gasteiger partial charge is 0.476 e. The lowest BCUT2D eigenvalue weighted by molar-refractivity contribution is 0.0691. The molecule has 0 radical (unpaired) electrons. The monoisotopic (exact) mass is 220 g/mol. The molecule has 0 saturated heterocycles. The van der Waals surface area contributed by atoms with Crippen molar-refractivity contribution in [3.63, 3.8) is 0 Å². The van der Waals surface area contributed by atoms with Crippen molar-refractivity contribution in [2.45, 2.75) is 0 Å². The van der Waals surface area contributed by atoms with Crippen LogP contribution in [0.25, 0.3) is 11.4 Å². The number of aromatic carboxylic acids is 1. The summed E-state index contributed by atoms with van der Waals surface area (Å²) in [5.41, 5.74) is 0.651. The third-order valence-electron chi connectivity index (χ3n) is 2.20. The Kier molecular flexibility index (Phi) is 2.44. The number of carboxylic acid groups (broad SMARTS) is 1. The van der Waals surface area contributed by atoms with E-state index < -0.39 is 5.97 Å². The van der Waals surface area contributed by atoms with Gasteiger partial charge in [-0.15, -0.1) is 0 Å². The first-order chi connectivity index (χ1) is 7.58. The van der Waals surface area contributed by atoms with E-state index in [2.05, 4.69) is 4.98 Å². The number of hydrogen-bond acceptors (Lipinski definition) is 2. The molecule has 0 fully saturated rings. The zero-order valence-corrected chi connectivity index (χ0v) is 8.51. The number of hydrogen-bond donors (Lipinski definition) is 1. The van der Waals surface area contributed by atoms with Gasteiger partial charge in [0.05, 0.1) is 0 Å². The number of aryl methyl sites for hydroxylation is 1. The summed E-state index contributed by atoms with van der Waals surface area (Å²) < 4.78 is 14.3. The van der Waals surface area contributed by atoms with Gasteiger partial charge in [0, 0.05) is 18.8 Å². The van der Waals surface area contributed by atoms with E-state index in [4.69, 9.17) is 5.11 Å². The first-order valence-corrected chi connectivity index (χ1v) is 4.60. The van der Waals surface area contributed by atoms with E-state index in [1.807, 2.05) is 0 Å². The molecule has 0 aliphatic heterocycles. The molecule has 0 aliphatic rings. The van der Waals surface area contributed by atoms with Crippen LogP contribution in [0.4, 0.5) is 4.39 Å². The Labute approximate surface area is 91.0 Å². The normalized spacial score (nSPS) is 10.4. The fraction of sp³-hybridized carbons (Fsp3) is 0.0909. The minimum absolute atomic E-state index is 0.0261. The molecule has 0 spiro atoms. The van der Waals surface area contributed by atoms with Crippen molar-refractivity contribution in [3.8, 4) is 11.4 Å². The molecule has 4 nitrogen and oxygen atoms in total. The number of aromatic nitrogens is 2. The maximum absolute atomic E-state index is 12.7. The van der Waals surface area contributed by atoms with Gasteiger partial charge in [-0.1, -0.05) is 0 Å². The minimum Gasteiger partial charge on any atom is -0.476 e. The summed E-state index contributed by atoms with van der Waals surface area (Å²) in [6.45, 7) is 0. The molecule has 16 heavy (non-hydrogen) atoms. The van der Waals surface area contributed by atoms with Crippen LogP contribution in [0, 0.1) is 5.82 Å². The third-order valence-corrected chi connectivity index (χ3v) is 2.20. The molecule has 1 N–H and O–H groups in total. The van der Waals surface area contributed by atoms with Gasteiger partial charge in [-0.3, -0.25) is 0 Å². The summed E-state index contributed by atoms with van der Waals surface area (Å²) in [7, 11) is 1.69. The van der Waals surface area contributed by atoms with E-state index in [0.29, 0.717) is 11.4 Å². The summed E-state index contributed by atoms with van der Waals surface area (Å²) in [4.78, 5) is 14.7. The van der Waals surface area contributed by atoms with E-state index in [1.165, 1.54) is 18.3 Å². The molecular formula is C11H9FN2O2. The van der Waals surface area contributed by atoms with Gasteiger partial charge in [-0.2, -0.15) is 0 Å². The summed E-state index contributed by atoms with van der Waals surface area (Å²) in [5.74, 6) is -0.919. The van der Waals surface area contributed by atoms with Crippen molar-refractivity contribution >= 4 is 5.97 Å². The van der Waals surface area contributed by atoms with Crippen LogP contribution >= 0.6 is 0 Å². The summed E-state index contributed by atoms with van der Waals surface area (Å²) >= 11 is 0. The van der Waals surface area contributed by atoms with Crippen molar-refractivity contribution < 1.29 is 14.3 Å². The van der Waals surface area contributed by atoms with E-state index in [0.717, 1.165) is 0 Å². The van der Waals surface area contributed by atoms with Gasteiger partial charge >= 0.3 is 5.97 Å². The summed E-state index contributed by atoms with van der Waals surface area (Å²) in [5, 5.41) is 8.78. The van der Waals surface area contributed by atoms with Gasteiger partial charge in [0.2, 0.25) is 0 Å². The molecule has 1 heterocycles. The molecule has 5 heteroatoms. The van der Waals surface area contributed by atoms with Gasteiger partial charge < -0.3 is 9.67 Å². The van der Waals surface area contributed by atoms with E-state index >= 15 is 0 Å². The van der Waals surface area contributed by atoms with Crippen molar-refractivity contribution in [3.05, 3.63) is 42.0 Å². The average molecular weight is 220 g/mol. The first kappa shape index (κ1) is 10.4. The lowest BCUT2D eigenvalue weighted by Crippen LogP contribution is -1.95. The second kappa shape index (κ2) is 3.77. The van der Waals surface area contributed by atoms with Crippen LogP contribution in [0.2, 0.25) is 0 Å². The lowest BCUT2D eigenvalue weighted by atomic mass is 10.2. The molecule has 82 valence electrons. The Morgan fingerprint density at radius 2 is 2.00 bits per heavy atom. The quantitative estimate of drug-likeness (QED) is 0.841. The van der Waals surface area contributed by atoms with Gasteiger partial charge in [0.15, 0.2) is 5.69 Å². The second-order valence-electron chi connectivity index (χ2n) is 3.37. The Morgan fingerprint density at radius 3 is 2.50 bits per heavy atom. The van der Waals surface area contributed by atoms with Crippen LogP contribution in [0.15, 0.2) is 30.5 Å². The Morgan fingerprint density at radius 1 is 1.38 bits per heavy atom. The SMILES string of the molecule is Cn1cc(C(=O)O)nc1-c1ccc(F)cc1. The third kappa shape index (κ3) is 1.79. The molecule has 0 aliphatic carbocycles. The van der Waals surface area contributed by atoms with Crippen molar-refractivity contribution in [1.29, 1.82) is 0 Å². The zero-order valence-electron chi connectivity index (χ0n) is 8.51. The number of carbonyl (C=O) groups is 1. The minimum atomic E-state index is -1.08. The summed E-state index contributed by atoms with van der Waals surface area (Å²) in [6.07, 6.45) is 1.42. The van der Waals surface area contributed by atoms with Crippen LogP contribution in [-0.4, -0.2) is 20.6 Å². The van der Waals surface area contributed by atoms with Crippen LogP contribution in [0.5, 0.6) is 0 Å². The van der Waals surface area contributed by atoms with Gasteiger partial charge in [-0.25, -0.2) is 14.2 Å². The van der Waals surface area contributed by atoms with E-state index in [1.54, 1.807) is 23.7 Å². The highest BCUT2D eigenvalue weighted by Crippen LogP contribution is 2.18. The topological polar surface area (TPSA) is 55.1 Å².